The molecule has 3 nitrogen and oxygen atoms in total. The molecular formula is C16H26ClNO2. The van der Waals surface area contributed by atoms with Crippen molar-refractivity contribution in [2.24, 2.45) is 5.92 Å². The van der Waals surface area contributed by atoms with Crippen LogP contribution in [0.3, 0.4) is 0 Å². The molecule has 0 saturated carbocycles. The van der Waals surface area contributed by atoms with Crippen molar-refractivity contribution in [2.75, 3.05) is 19.8 Å². The van der Waals surface area contributed by atoms with Crippen LogP contribution < -0.4 is 5.32 Å². The lowest BCUT2D eigenvalue weighted by Gasteiger charge is -2.13. The SMILES string of the molecule is CC(C)CCCOCC(O)CNCc1cccc(Cl)c1. The van der Waals surface area contributed by atoms with Crippen LogP contribution in [0.1, 0.15) is 32.3 Å². The van der Waals surface area contributed by atoms with Crippen molar-refractivity contribution in [3.63, 3.8) is 0 Å². The Morgan fingerprint density at radius 3 is 2.85 bits per heavy atom. The van der Waals surface area contributed by atoms with Gasteiger partial charge >= 0.3 is 0 Å². The fourth-order valence-corrected chi connectivity index (χ4v) is 2.11. The number of ether oxygens (including phenoxy) is 1. The van der Waals surface area contributed by atoms with E-state index in [2.05, 4.69) is 19.2 Å². The zero-order valence-corrected chi connectivity index (χ0v) is 13.2. The van der Waals surface area contributed by atoms with E-state index < -0.39 is 6.10 Å². The van der Waals surface area contributed by atoms with Crippen LogP contribution >= 0.6 is 11.6 Å². The van der Waals surface area contributed by atoms with Gasteiger partial charge in [0.1, 0.15) is 0 Å². The Hall–Kier alpha value is -0.610. The molecule has 0 radical (unpaired) electrons. The summed E-state index contributed by atoms with van der Waals surface area (Å²) in [6, 6.07) is 7.70. The Kier molecular flexibility index (Phi) is 8.86. The highest BCUT2D eigenvalue weighted by atomic mass is 35.5. The molecule has 2 N–H and O–H groups in total. The lowest BCUT2D eigenvalue weighted by Crippen LogP contribution is -2.30. The van der Waals surface area contributed by atoms with Gasteiger partial charge in [-0.05, 0) is 36.5 Å². The summed E-state index contributed by atoms with van der Waals surface area (Å²) in [4.78, 5) is 0. The minimum absolute atomic E-state index is 0.390. The van der Waals surface area contributed by atoms with E-state index in [9.17, 15) is 5.11 Å². The molecule has 0 saturated heterocycles. The summed E-state index contributed by atoms with van der Waals surface area (Å²) in [5, 5.41) is 13.7. The first-order valence-corrected chi connectivity index (χ1v) is 7.66. The van der Waals surface area contributed by atoms with Crippen molar-refractivity contribution in [3.05, 3.63) is 34.9 Å². The highest BCUT2D eigenvalue weighted by molar-refractivity contribution is 6.30. The molecule has 0 aromatic heterocycles. The number of hydrogen-bond acceptors (Lipinski definition) is 3. The molecule has 1 unspecified atom stereocenters. The highest BCUT2D eigenvalue weighted by Crippen LogP contribution is 2.10. The highest BCUT2D eigenvalue weighted by Gasteiger charge is 2.04. The van der Waals surface area contributed by atoms with Crippen molar-refractivity contribution in [2.45, 2.75) is 39.3 Å². The summed E-state index contributed by atoms with van der Waals surface area (Å²) >= 11 is 5.91. The maximum atomic E-state index is 9.78. The predicted octanol–water partition coefficient (Wildman–Crippen LogP) is 3.24. The van der Waals surface area contributed by atoms with Gasteiger partial charge in [-0.15, -0.1) is 0 Å². The number of aliphatic hydroxyl groups is 1. The van der Waals surface area contributed by atoms with Gasteiger partial charge in [0.15, 0.2) is 0 Å². The van der Waals surface area contributed by atoms with Crippen LogP contribution in [0, 0.1) is 5.92 Å². The summed E-state index contributed by atoms with van der Waals surface area (Å²) < 4.78 is 5.46. The third-order valence-corrected chi connectivity index (χ3v) is 3.21. The number of halogens is 1. The van der Waals surface area contributed by atoms with E-state index in [1.54, 1.807) is 0 Å². The topological polar surface area (TPSA) is 41.5 Å². The van der Waals surface area contributed by atoms with E-state index in [0.717, 1.165) is 23.6 Å². The first-order chi connectivity index (χ1) is 9.58. The Bertz CT molecular complexity index is 371. The van der Waals surface area contributed by atoms with Crippen LogP contribution in [-0.4, -0.2) is 31.0 Å². The third-order valence-electron chi connectivity index (χ3n) is 2.98. The third kappa shape index (κ3) is 8.54. The average molecular weight is 300 g/mol. The van der Waals surface area contributed by atoms with Gasteiger partial charge in [-0.25, -0.2) is 0 Å². The zero-order chi connectivity index (χ0) is 14.8. The summed E-state index contributed by atoms with van der Waals surface area (Å²) in [6.45, 7) is 6.75. The molecule has 20 heavy (non-hydrogen) atoms. The van der Waals surface area contributed by atoms with Gasteiger partial charge in [-0.3, -0.25) is 0 Å². The Balaban J connectivity index is 2.04. The van der Waals surface area contributed by atoms with Crippen LogP contribution in [0.5, 0.6) is 0 Å². The quantitative estimate of drug-likeness (QED) is 0.652. The average Bonchev–Trinajstić information content (AvgIpc) is 2.38. The van der Waals surface area contributed by atoms with E-state index in [0.29, 0.717) is 25.6 Å². The molecule has 0 heterocycles. The Labute approximate surface area is 127 Å². The molecule has 0 aliphatic rings. The lowest BCUT2D eigenvalue weighted by atomic mass is 10.1. The van der Waals surface area contributed by atoms with Gasteiger partial charge in [-0.2, -0.15) is 0 Å². The molecule has 0 aliphatic carbocycles. The molecule has 0 amide bonds. The van der Waals surface area contributed by atoms with Crippen LogP contribution in [-0.2, 0) is 11.3 Å². The van der Waals surface area contributed by atoms with Crippen molar-refractivity contribution < 1.29 is 9.84 Å². The molecule has 0 bridgehead atoms. The smallest absolute Gasteiger partial charge is 0.0897 e. The molecule has 4 heteroatoms. The number of rotatable bonds is 10. The standard InChI is InChI=1S/C16H26ClNO2/c1-13(2)5-4-8-20-12-16(19)11-18-10-14-6-3-7-15(17)9-14/h3,6-7,9,13,16,18-19H,4-5,8,10-12H2,1-2H3. The first kappa shape index (κ1) is 17.4. The van der Waals surface area contributed by atoms with Crippen molar-refractivity contribution in [1.29, 1.82) is 0 Å². The molecule has 1 atom stereocenters. The number of hydrogen-bond donors (Lipinski definition) is 2. The second-order valence-corrected chi connectivity index (χ2v) is 5.96. The maximum Gasteiger partial charge on any atom is 0.0897 e. The molecule has 0 spiro atoms. The van der Waals surface area contributed by atoms with E-state index >= 15 is 0 Å². The summed E-state index contributed by atoms with van der Waals surface area (Å²) in [5.74, 6) is 0.711. The van der Waals surface area contributed by atoms with E-state index in [1.165, 1.54) is 6.42 Å². The van der Waals surface area contributed by atoms with E-state index in [-0.39, 0.29) is 0 Å². The lowest BCUT2D eigenvalue weighted by molar-refractivity contribution is 0.0346. The summed E-state index contributed by atoms with van der Waals surface area (Å²) in [6.07, 6.45) is 1.76. The number of aliphatic hydroxyl groups excluding tert-OH is 1. The number of benzene rings is 1. The molecule has 0 aliphatic heterocycles. The fourth-order valence-electron chi connectivity index (χ4n) is 1.90. The minimum Gasteiger partial charge on any atom is -0.389 e. The maximum absolute atomic E-state index is 9.78. The minimum atomic E-state index is -0.465. The molecular weight excluding hydrogens is 274 g/mol. The van der Waals surface area contributed by atoms with Crippen LogP contribution in [0.25, 0.3) is 0 Å². The summed E-state index contributed by atoms with van der Waals surface area (Å²) in [5.41, 5.74) is 1.11. The van der Waals surface area contributed by atoms with Crippen molar-refractivity contribution >= 4 is 11.6 Å². The van der Waals surface area contributed by atoms with Gasteiger partial charge in [0.25, 0.3) is 0 Å². The van der Waals surface area contributed by atoms with Crippen molar-refractivity contribution in [1.82, 2.24) is 5.32 Å². The van der Waals surface area contributed by atoms with E-state index in [4.69, 9.17) is 16.3 Å². The zero-order valence-electron chi connectivity index (χ0n) is 12.4. The first-order valence-electron chi connectivity index (χ1n) is 7.29. The fraction of sp³-hybridized carbons (Fsp3) is 0.625. The normalized spacial score (nSPS) is 12.8. The van der Waals surface area contributed by atoms with Crippen LogP contribution in [0.4, 0.5) is 0 Å². The van der Waals surface area contributed by atoms with Crippen molar-refractivity contribution in [3.8, 4) is 0 Å². The molecule has 0 fully saturated rings. The van der Waals surface area contributed by atoms with Gasteiger partial charge in [0.05, 0.1) is 12.7 Å². The number of nitrogens with one attached hydrogen (secondary N) is 1. The molecule has 114 valence electrons. The second kappa shape index (κ2) is 10.2. The van der Waals surface area contributed by atoms with E-state index in [1.807, 2.05) is 24.3 Å². The predicted molar refractivity (Wildman–Crippen MR) is 84.1 cm³/mol. The molecule has 1 rings (SSSR count). The molecule has 1 aromatic rings. The second-order valence-electron chi connectivity index (χ2n) is 5.53. The Morgan fingerprint density at radius 2 is 2.15 bits per heavy atom. The Morgan fingerprint density at radius 1 is 1.35 bits per heavy atom. The van der Waals surface area contributed by atoms with Crippen LogP contribution in [0.2, 0.25) is 5.02 Å². The van der Waals surface area contributed by atoms with Gasteiger partial charge in [0.2, 0.25) is 0 Å². The monoisotopic (exact) mass is 299 g/mol. The largest absolute Gasteiger partial charge is 0.389 e. The summed E-state index contributed by atoms with van der Waals surface area (Å²) in [7, 11) is 0. The van der Waals surface area contributed by atoms with Gasteiger partial charge < -0.3 is 15.2 Å². The van der Waals surface area contributed by atoms with Gasteiger partial charge in [-0.1, -0.05) is 37.6 Å². The van der Waals surface area contributed by atoms with Crippen LogP contribution in [0.15, 0.2) is 24.3 Å². The molecule has 1 aromatic carbocycles. The van der Waals surface area contributed by atoms with Gasteiger partial charge in [0, 0.05) is 24.7 Å².